The van der Waals surface area contributed by atoms with E-state index in [1.165, 1.54) is 38.5 Å². The van der Waals surface area contributed by atoms with E-state index in [0.29, 0.717) is 6.04 Å². The van der Waals surface area contributed by atoms with Gasteiger partial charge in [-0.25, -0.2) is 0 Å². The summed E-state index contributed by atoms with van der Waals surface area (Å²) in [4.78, 5) is 10.1. The van der Waals surface area contributed by atoms with Crippen LogP contribution in [0.3, 0.4) is 0 Å². The topological polar surface area (TPSA) is 43.1 Å². The Kier molecular flexibility index (Phi) is 5.53. The summed E-state index contributed by atoms with van der Waals surface area (Å²) in [6.07, 6.45) is 12.9. The lowest BCUT2D eigenvalue weighted by Crippen LogP contribution is -2.22. The molecular weight excluding hydrogens is 174 g/mol. The molecule has 0 bridgehead atoms. The Bertz CT molecular complexity index is 179. The van der Waals surface area contributed by atoms with Crippen molar-refractivity contribution in [1.29, 1.82) is 0 Å². The Balaban J connectivity index is 2.24. The third kappa shape index (κ3) is 4.56. The molecule has 0 unspecified atom stereocenters. The van der Waals surface area contributed by atoms with Crippen molar-refractivity contribution in [3.8, 4) is 0 Å². The van der Waals surface area contributed by atoms with Crippen LogP contribution in [-0.2, 0) is 4.79 Å². The third-order valence-corrected chi connectivity index (χ3v) is 3.06. The first-order valence-electron chi connectivity index (χ1n) is 5.69. The van der Waals surface area contributed by atoms with E-state index < -0.39 is 0 Å². The second-order valence-corrected chi connectivity index (χ2v) is 4.29. The monoisotopic (exact) mass is 195 g/mol. The van der Waals surface area contributed by atoms with Crippen LogP contribution >= 0.6 is 0 Å². The quantitative estimate of drug-likeness (QED) is 0.555. The lowest BCUT2D eigenvalue weighted by atomic mass is 9.87. The molecule has 1 fully saturated rings. The van der Waals surface area contributed by atoms with Crippen molar-refractivity contribution >= 4 is 6.29 Å². The van der Waals surface area contributed by atoms with Gasteiger partial charge in [-0.1, -0.05) is 31.8 Å². The normalized spacial score (nSPS) is 29.8. The second kappa shape index (κ2) is 6.77. The zero-order valence-electron chi connectivity index (χ0n) is 8.82. The Morgan fingerprint density at radius 3 is 2.36 bits per heavy atom. The van der Waals surface area contributed by atoms with Crippen molar-refractivity contribution in [2.45, 2.75) is 51.0 Å². The molecule has 0 amide bonds. The summed E-state index contributed by atoms with van der Waals surface area (Å²) in [6.45, 7) is 0. The zero-order valence-corrected chi connectivity index (χ0v) is 8.82. The molecule has 0 spiro atoms. The SMILES string of the molecule is NC1CCCC(C/C=C/C=O)CCC1. The van der Waals surface area contributed by atoms with Gasteiger partial charge in [-0.2, -0.15) is 0 Å². The number of carbonyl (C=O) groups is 1. The standard InChI is InChI=1S/C12H21NO/c13-12-8-3-6-11(7-4-9-12)5-1-2-10-14/h1-2,10-12H,3-9,13H2/b2-1+. The number of allylic oxidation sites excluding steroid dienone is 2. The highest BCUT2D eigenvalue weighted by molar-refractivity contribution is 5.64. The van der Waals surface area contributed by atoms with E-state index in [1.54, 1.807) is 6.08 Å². The summed E-state index contributed by atoms with van der Waals surface area (Å²) in [7, 11) is 0. The Labute approximate surface area is 86.6 Å². The molecule has 80 valence electrons. The largest absolute Gasteiger partial charge is 0.328 e. The van der Waals surface area contributed by atoms with Crippen LogP contribution in [0, 0.1) is 5.92 Å². The predicted molar refractivity (Wildman–Crippen MR) is 59.0 cm³/mol. The van der Waals surface area contributed by atoms with Crippen LogP contribution in [0.2, 0.25) is 0 Å². The van der Waals surface area contributed by atoms with Crippen molar-refractivity contribution in [2.24, 2.45) is 11.7 Å². The van der Waals surface area contributed by atoms with Crippen LogP contribution in [0.15, 0.2) is 12.2 Å². The van der Waals surface area contributed by atoms with Crippen molar-refractivity contribution in [2.75, 3.05) is 0 Å². The molecule has 0 heterocycles. The van der Waals surface area contributed by atoms with Crippen molar-refractivity contribution in [3.63, 3.8) is 0 Å². The van der Waals surface area contributed by atoms with Crippen molar-refractivity contribution < 1.29 is 4.79 Å². The fraction of sp³-hybridized carbons (Fsp3) is 0.750. The highest BCUT2D eigenvalue weighted by atomic mass is 16.1. The molecule has 1 saturated carbocycles. The third-order valence-electron chi connectivity index (χ3n) is 3.06. The number of carbonyl (C=O) groups excluding carboxylic acids is 1. The van der Waals surface area contributed by atoms with Gasteiger partial charge in [0.15, 0.2) is 0 Å². The maximum Gasteiger partial charge on any atom is 0.142 e. The van der Waals surface area contributed by atoms with Crippen LogP contribution in [0.5, 0.6) is 0 Å². The van der Waals surface area contributed by atoms with Crippen LogP contribution in [-0.4, -0.2) is 12.3 Å². The van der Waals surface area contributed by atoms with Gasteiger partial charge in [0.05, 0.1) is 0 Å². The first-order chi connectivity index (χ1) is 6.83. The number of nitrogens with two attached hydrogens (primary N) is 1. The minimum absolute atomic E-state index is 0.432. The van der Waals surface area contributed by atoms with Gasteiger partial charge in [-0.3, -0.25) is 4.79 Å². The lowest BCUT2D eigenvalue weighted by Gasteiger charge is -2.21. The number of aldehydes is 1. The minimum Gasteiger partial charge on any atom is -0.328 e. The van der Waals surface area contributed by atoms with Gasteiger partial charge in [0.25, 0.3) is 0 Å². The smallest absolute Gasteiger partial charge is 0.142 e. The second-order valence-electron chi connectivity index (χ2n) is 4.29. The maximum absolute atomic E-state index is 10.1. The Hall–Kier alpha value is -0.630. The van der Waals surface area contributed by atoms with E-state index in [4.69, 9.17) is 5.73 Å². The van der Waals surface area contributed by atoms with Crippen LogP contribution in [0.25, 0.3) is 0 Å². The molecule has 0 atom stereocenters. The Morgan fingerprint density at radius 2 is 1.79 bits per heavy atom. The van der Waals surface area contributed by atoms with Crippen LogP contribution in [0.1, 0.15) is 44.9 Å². The molecule has 14 heavy (non-hydrogen) atoms. The van der Waals surface area contributed by atoms with Crippen molar-refractivity contribution in [3.05, 3.63) is 12.2 Å². The van der Waals surface area contributed by atoms with E-state index in [-0.39, 0.29) is 0 Å². The first kappa shape index (κ1) is 11.4. The summed E-state index contributed by atoms with van der Waals surface area (Å²) in [5, 5.41) is 0. The highest BCUT2D eigenvalue weighted by Gasteiger charge is 2.13. The van der Waals surface area contributed by atoms with Gasteiger partial charge in [0, 0.05) is 6.04 Å². The molecule has 0 aromatic heterocycles. The predicted octanol–water partition coefficient (Wildman–Crippen LogP) is 2.43. The van der Waals surface area contributed by atoms with Gasteiger partial charge >= 0.3 is 0 Å². The van der Waals surface area contributed by atoms with Gasteiger partial charge in [0.2, 0.25) is 0 Å². The molecule has 2 heteroatoms. The van der Waals surface area contributed by atoms with E-state index in [9.17, 15) is 4.79 Å². The maximum atomic E-state index is 10.1. The zero-order chi connectivity index (χ0) is 10.2. The van der Waals surface area contributed by atoms with Crippen LogP contribution in [0.4, 0.5) is 0 Å². The molecular formula is C12H21NO. The van der Waals surface area contributed by atoms with E-state index in [0.717, 1.165) is 18.6 Å². The molecule has 0 radical (unpaired) electrons. The lowest BCUT2D eigenvalue weighted by molar-refractivity contribution is -0.104. The molecule has 1 aliphatic rings. The molecule has 0 aromatic rings. The summed E-state index contributed by atoms with van der Waals surface area (Å²) in [5.74, 6) is 0.777. The number of hydrogen-bond acceptors (Lipinski definition) is 2. The molecule has 2 nitrogen and oxygen atoms in total. The van der Waals surface area contributed by atoms with Gasteiger partial charge in [0.1, 0.15) is 6.29 Å². The van der Waals surface area contributed by atoms with Gasteiger partial charge < -0.3 is 5.73 Å². The molecule has 0 saturated heterocycles. The molecule has 0 aliphatic heterocycles. The fourth-order valence-corrected chi connectivity index (χ4v) is 2.19. The minimum atomic E-state index is 0.432. The van der Waals surface area contributed by atoms with Crippen molar-refractivity contribution in [1.82, 2.24) is 0 Å². The first-order valence-corrected chi connectivity index (χ1v) is 5.69. The fourth-order valence-electron chi connectivity index (χ4n) is 2.19. The Morgan fingerprint density at radius 1 is 1.14 bits per heavy atom. The molecule has 1 aliphatic carbocycles. The summed E-state index contributed by atoms with van der Waals surface area (Å²) < 4.78 is 0. The molecule has 0 aromatic carbocycles. The van der Waals surface area contributed by atoms with Gasteiger partial charge in [-0.05, 0) is 31.3 Å². The summed E-state index contributed by atoms with van der Waals surface area (Å²) in [5.41, 5.74) is 5.91. The average Bonchev–Trinajstić information content (AvgIpc) is 2.14. The van der Waals surface area contributed by atoms with Crippen LogP contribution < -0.4 is 5.73 Å². The number of rotatable bonds is 3. The van der Waals surface area contributed by atoms with E-state index in [2.05, 4.69) is 0 Å². The summed E-state index contributed by atoms with van der Waals surface area (Å²) >= 11 is 0. The average molecular weight is 195 g/mol. The van der Waals surface area contributed by atoms with E-state index in [1.807, 2.05) is 6.08 Å². The number of hydrogen-bond donors (Lipinski definition) is 1. The molecule has 2 N–H and O–H groups in total. The van der Waals surface area contributed by atoms with E-state index >= 15 is 0 Å². The molecule has 1 rings (SSSR count). The highest BCUT2D eigenvalue weighted by Crippen LogP contribution is 2.24. The van der Waals surface area contributed by atoms with Gasteiger partial charge in [-0.15, -0.1) is 0 Å². The summed E-state index contributed by atoms with van der Waals surface area (Å²) in [6, 6.07) is 0.432.